The average molecular weight is 359 g/mol. The Morgan fingerprint density at radius 3 is 2.44 bits per heavy atom. The quantitative estimate of drug-likeness (QED) is 0.503. The third-order valence-corrected chi connectivity index (χ3v) is 4.14. The van der Waals surface area contributed by atoms with Crippen LogP contribution in [0.5, 0.6) is 0 Å². The fraction of sp³-hybridized carbons (Fsp3) is 0. The van der Waals surface area contributed by atoms with Crippen molar-refractivity contribution in [3.8, 4) is 0 Å². The van der Waals surface area contributed by atoms with E-state index in [2.05, 4.69) is 0 Å². The zero-order valence-corrected chi connectivity index (χ0v) is 13.2. The van der Waals surface area contributed by atoms with Gasteiger partial charge in [0.2, 0.25) is 5.91 Å². The van der Waals surface area contributed by atoms with Gasteiger partial charge in [-0.1, -0.05) is 0 Å². The summed E-state index contributed by atoms with van der Waals surface area (Å²) in [6.07, 6.45) is 1.26. The molecule has 1 aliphatic rings. The summed E-state index contributed by atoms with van der Waals surface area (Å²) in [6.45, 7) is 0. The van der Waals surface area contributed by atoms with E-state index in [4.69, 9.17) is 10.2 Å². The van der Waals surface area contributed by atoms with Gasteiger partial charge < -0.3 is 10.2 Å². The molecule has 9 nitrogen and oxygen atoms in total. The Bertz CT molecular complexity index is 931. The smallest absolute Gasteiger partial charge is 0.401 e. The molecule has 0 saturated carbocycles. The van der Waals surface area contributed by atoms with Crippen LogP contribution in [0.2, 0.25) is 0 Å². The number of rotatable bonds is 4. The van der Waals surface area contributed by atoms with Crippen LogP contribution in [0.15, 0.2) is 45.7 Å². The van der Waals surface area contributed by atoms with Crippen molar-refractivity contribution in [3.63, 3.8) is 0 Å². The van der Waals surface area contributed by atoms with E-state index in [0.29, 0.717) is 11.8 Å². The van der Waals surface area contributed by atoms with Gasteiger partial charge >= 0.3 is 5.88 Å². The molecule has 1 aliphatic heterocycles. The van der Waals surface area contributed by atoms with E-state index in [9.17, 15) is 24.5 Å². The molecule has 25 heavy (non-hydrogen) atoms. The van der Waals surface area contributed by atoms with Gasteiger partial charge in [-0.25, -0.2) is 4.90 Å². The molecule has 0 spiro atoms. The maximum absolute atomic E-state index is 12.4. The number of nitro groups is 1. The predicted molar refractivity (Wildman–Crippen MR) is 88.8 cm³/mol. The van der Waals surface area contributed by atoms with Gasteiger partial charge in [0.15, 0.2) is 0 Å². The van der Waals surface area contributed by atoms with Gasteiger partial charge in [-0.15, -0.1) is 0 Å². The number of imide groups is 1. The van der Waals surface area contributed by atoms with Gasteiger partial charge in [0.1, 0.15) is 10.7 Å². The molecule has 1 aromatic carbocycles. The number of anilines is 1. The first-order valence-electron chi connectivity index (χ1n) is 6.79. The second-order valence-corrected chi connectivity index (χ2v) is 5.85. The molecule has 2 aromatic rings. The molecule has 0 radical (unpaired) electrons. The maximum Gasteiger partial charge on any atom is 0.433 e. The Labute approximate surface area is 144 Å². The van der Waals surface area contributed by atoms with Crippen LogP contribution in [-0.4, -0.2) is 22.0 Å². The summed E-state index contributed by atoms with van der Waals surface area (Å²) in [4.78, 5) is 46.5. The predicted octanol–water partition coefficient (Wildman–Crippen LogP) is 2.53. The third kappa shape index (κ3) is 3.15. The van der Waals surface area contributed by atoms with Gasteiger partial charge in [0.05, 0.1) is 16.7 Å². The van der Waals surface area contributed by atoms with Crippen LogP contribution in [0.3, 0.4) is 0 Å². The van der Waals surface area contributed by atoms with Gasteiger partial charge in [-0.3, -0.25) is 24.5 Å². The van der Waals surface area contributed by atoms with Crippen LogP contribution in [0.1, 0.15) is 16.1 Å². The van der Waals surface area contributed by atoms with Gasteiger partial charge in [0, 0.05) is 11.6 Å². The van der Waals surface area contributed by atoms with Crippen molar-refractivity contribution < 1.29 is 23.7 Å². The fourth-order valence-corrected chi connectivity index (χ4v) is 2.93. The first-order valence-corrected chi connectivity index (χ1v) is 7.60. The number of primary amides is 1. The van der Waals surface area contributed by atoms with E-state index < -0.39 is 27.9 Å². The Balaban J connectivity index is 1.87. The number of hydrogen-bond acceptors (Lipinski definition) is 7. The van der Waals surface area contributed by atoms with E-state index in [1.165, 1.54) is 36.4 Å². The number of nitrogens with zero attached hydrogens (tertiary/aromatic N) is 2. The van der Waals surface area contributed by atoms with Crippen LogP contribution in [0.4, 0.5) is 16.4 Å². The van der Waals surface area contributed by atoms with Crippen LogP contribution < -0.4 is 10.6 Å². The van der Waals surface area contributed by atoms with Crippen molar-refractivity contribution in [2.75, 3.05) is 4.90 Å². The van der Waals surface area contributed by atoms with Gasteiger partial charge in [-0.2, -0.15) is 0 Å². The summed E-state index contributed by atoms with van der Waals surface area (Å²) >= 11 is 0.677. The zero-order chi connectivity index (χ0) is 18.1. The highest BCUT2D eigenvalue weighted by Crippen LogP contribution is 2.36. The number of amides is 3. The van der Waals surface area contributed by atoms with Gasteiger partial charge in [-0.05, 0) is 42.1 Å². The third-order valence-electron chi connectivity index (χ3n) is 3.27. The number of carbonyl (C=O) groups is 3. The van der Waals surface area contributed by atoms with Crippen molar-refractivity contribution in [2.24, 2.45) is 5.73 Å². The summed E-state index contributed by atoms with van der Waals surface area (Å²) in [5, 5.41) is 10.1. The molecule has 1 saturated heterocycles. The average Bonchev–Trinajstić information content (AvgIpc) is 3.13. The topological polar surface area (TPSA) is 137 Å². The molecule has 3 rings (SSSR count). The van der Waals surface area contributed by atoms with Crippen molar-refractivity contribution in [3.05, 3.63) is 62.7 Å². The minimum Gasteiger partial charge on any atom is -0.401 e. The molecule has 126 valence electrons. The summed E-state index contributed by atoms with van der Waals surface area (Å²) in [7, 11) is 0. The fourth-order valence-electron chi connectivity index (χ4n) is 2.11. The number of benzene rings is 1. The number of nitrogens with two attached hydrogens (primary N) is 1. The molecule has 10 heteroatoms. The zero-order valence-electron chi connectivity index (χ0n) is 12.4. The van der Waals surface area contributed by atoms with Crippen LogP contribution in [0, 0.1) is 10.1 Å². The summed E-state index contributed by atoms with van der Waals surface area (Å²) in [5.74, 6) is -1.60. The molecule has 1 aromatic heterocycles. The lowest BCUT2D eigenvalue weighted by Gasteiger charge is -2.12. The normalized spacial score (nSPS) is 15.8. The lowest BCUT2D eigenvalue weighted by Crippen LogP contribution is -2.27. The van der Waals surface area contributed by atoms with E-state index in [-0.39, 0.29) is 21.9 Å². The molecule has 0 atom stereocenters. The molecule has 2 N–H and O–H groups in total. The highest BCUT2D eigenvalue weighted by atomic mass is 32.2. The first-order chi connectivity index (χ1) is 11.9. The molecule has 3 amide bonds. The molecular weight excluding hydrogens is 350 g/mol. The van der Waals surface area contributed by atoms with Crippen molar-refractivity contribution in [1.82, 2.24) is 0 Å². The molecular formula is C15H9N3O6S. The van der Waals surface area contributed by atoms with Crippen molar-refractivity contribution >= 4 is 46.5 Å². The number of carbonyl (C=O) groups excluding carboxylic acids is 3. The van der Waals surface area contributed by atoms with Crippen LogP contribution >= 0.6 is 11.8 Å². The minimum absolute atomic E-state index is 0.0632. The Morgan fingerprint density at radius 2 is 1.88 bits per heavy atom. The lowest BCUT2D eigenvalue weighted by molar-refractivity contribution is -0.402. The highest BCUT2D eigenvalue weighted by Gasteiger charge is 2.36. The van der Waals surface area contributed by atoms with Crippen molar-refractivity contribution in [2.45, 2.75) is 0 Å². The maximum atomic E-state index is 12.4. The molecule has 0 aliphatic carbocycles. The second kappa shape index (κ2) is 6.24. The molecule has 0 bridgehead atoms. The Morgan fingerprint density at radius 1 is 1.20 bits per heavy atom. The van der Waals surface area contributed by atoms with Crippen LogP contribution in [0.25, 0.3) is 6.08 Å². The second-order valence-electron chi connectivity index (χ2n) is 4.86. The van der Waals surface area contributed by atoms with E-state index in [1.807, 2.05) is 0 Å². The summed E-state index contributed by atoms with van der Waals surface area (Å²) < 4.78 is 4.95. The van der Waals surface area contributed by atoms with E-state index in [0.717, 1.165) is 11.0 Å². The van der Waals surface area contributed by atoms with Crippen LogP contribution in [-0.2, 0) is 4.79 Å². The van der Waals surface area contributed by atoms with Crippen molar-refractivity contribution in [1.29, 1.82) is 0 Å². The standard InChI is InChI=1S/C15H9N3O6S/c16-13(19)8-1-3-9(4-2-8)17-14(20)11(25-15(17)21)7-10-5-6-12(24-10)18(22)23/h1-7H,(H2,16,19)/b11-7-. The van der Waals surface area contributed by atoms with Gasteiger partial charge in [0.25, 0.3) is 11.1 Å². The monoisotopic (exact) mass is 359 g/mol. The highest BCUT2D eigenvalue weighted by molar-refractivity contribution is 8.19. The van der Waals surface area contributed by atoms with E-state index >= 15 is 0 Å². The number of hydrogen-bond donors (Lipinski definition) is 1. The Kier molecular flexibility index (Phi) is 4.11. The molecule has 1 fully saturated rings. The summed E-state index contributed by atoms with van der Waals surface area (Å²) in [6, 6.07) is 8.14. The first kappa shape index (κ1) is 16.5. The Hall–Kier alpha value is -3.40. The minimum atomic E-state index is -0.705. The number of thioether (sulfide) groups is 1. The van der Waals surface area contributed by atoms with E-state index in [1.54, 1.807) is 0 Å². The molecule has 2 heterocycles. The summed E-state index contributed by atoms with van der Waals surface area (Å²) in [5.41, 5.74) is 5.67. The SMILES string of the molecule is NC(=O)c1ccc(N2C(=O)S/C(=C\c3ccc([N+](=O)[O-])o3)C2=O)cc1. The number of furan rings is 1. The molecule has 0 unspecified atom stereocenters. The lowest BCUT2D eigenvalue weighted by atomic mass is 10.2. The largest absolute Gasteiger partial charge is 0.433 e.